The molecule has 0 radical (unpaired) electrons. The maximum absolute atomic E-state index is 11.2. The van der Waals surface area contributed by atoms with E-state index in [0.717, 1.165) is 15.4 Å². The fourth-order valence-electron chi connectivity index (χ4n) is 1.10. The number of hydrogen-bond donors (Lipinski definition) is 2. The van der Waals surface area contributed by atoms with Crippen molar-refractivity contribution in [1.29, 1.82) is 0 Å². The van der Waals surface area contributed by atoms with E-state index in [4.69, 9.17) is 5.73 Å². The average Bonchev–Trinajstić information content (AvgIpc) is 2.46. The summed E-state index contributed by atoms with van der Waals surface area (Å²) in [5, 5.41) is 3.63. The Morgan fingerprint density at radius 2 is 2.43 bits per heavy atom. The predicted molar refractivity (Wildman–Crippen MR) is 60.4 cm³/mol. The van der Waals surface area contributed by atoms with Crippen LogP contribution >= 0.6 is 11.3 Å². The van der Waals surface area contributed by atoms with Gasteiger partial charge in [0.05, 0.1) is 5.00 Å². The second-order valence-corrected chi connectivity index (χ2v) is 4.05. The lowest BCUT2D eigenvalue weighted by Gasteiger charge is -1.95. The Hall–Kier alpha value is -1.13. The molecule has 1 heterocycles. The van der Waals surface area contributed by atoms with Gasteiger partial charge in [0.1, 0.15) is 0 Å². The van der Waals surface area contributed by atoms with Gasteiger partial charge in [-0.05, 0) is 31.6 Å². The van der Waals surface area contributed by atoms with Crippen molar-refractivity contribution in [2.75, 3.05) is 5.32 Å². The molecule has 0 saturated heterocycles. The SMILES string of the molecule is C/C=C/C(=O)Nc1cc(C)c(CN)s1. The monoisotopic (exact) mass is 210 g/mol. The first-order valence-electron chi connectivity index (χ1n) is 4.40. The summed E-state index contributed by atoms with van der Waals surface area (Å²) >= 11 is 1.52. The lowest BCUT2D eigenvalue weighted by Crippen LogP contribution is -2.05. The Morgan fingerprint density at radius 1 is 1.71 bits per heavy atom. The van der Waals surface area contributed by atoms with E-state index in [0.29, 0.717) is 6.54 Å². The maximum Gasteiger partial charge on any atom is 0.248 e. The van der Waals surface area contributed by atoms with Crippen LogP contribution in [0.1, 0.15) is 17.4 Å². The molecule has 76 valence electrons. The van der Waals surface area contributed by atoms with Crippen LogP contribution in [0.3, 0.4) is 0 Å². The van der Waals surface area contributed by atoms with E-state index in [1.54, 1.807) is 6.08 Å². The zero-order chi connectivity index (χ0) is 10.6. The zero-order valence-corrected chi connectivity index (χ0v) is 9.15. The van der Waals surface area contributed by atoms with Gasteiger partial charge in [0, 0.05) is 11.4 Å². The second-order valence-electron chi connectivity index (χ2n) is 2.91. The van der Waals surface area contributed by atoms with Crippen LogP contribution in [0.25, 0.3) is 0 Å². The van der Waals surface area contributed by atoms with Crippen molar-refractivity contribution in [1.82, 2.24) is 0 Å². The fourth-order valence-corrected chi connectivity index (χ4v) is 2.05. The lowest BCUT2D eigenvalue weighted by atomic mass is 10.3. The van der Waals surface area contributed by atoms with Crippen molar-refractivity contribution in [2.45, 2.75) is 20.4 Å². The van der Waals surface area contributed by atoms with E-state index < -0.39 is 0 Å². The van der Waals surface area contributed by atoms with Gasteiger partial charge in [0.2, 0.25) is 5.91 Å². The van der Waals surface area contributed by atoms with Gasteiger partial charge < -0.3 is 11.1 Å². The number of nitrogens with one attached hydrogen (secondary N) is 1. The van der Waals surface area contributed by atoms with Gasteiger partial charge in [0.15, 0.2) is 0 Å². The fraction of sp³-hybridized carbons (Fsp3) is 0.300. The van der Waals surface area contributed by atoms with E-state index in [1.807, 2.05) is 19.9 Å². The molecule has 1 aromatic heterocycles. The van der Waals surface area contributed by atoms with Crippen molar-refractivity contribution < 1.29 is 4.79 Å². The minimum Gasteiger partial charge on any atom is -0.326 e. The molecule has 0 atom stereocenters. The molecule has 1 rings (SSSR count). The summed E-state index contributed by atoms with van der Waals surface area (Å²) in [7, 11) is 0. The summed E-state index contributed by atoms with van der Waals surface area (Å²) in [4.78, 5) is 12.3. The third-order valence-corrected chi connectivity index (χ3v) is 2.95. The summed E-state index contributed by atoms with van der Waals surface area (Å²) in [6.45, 7) is 4.32. The standard InChI is InChI=1S/C10H14N2OS/c1-3-4-9(13)12-10-5-7(2)8(6-11)14-10/h3-5H,6,11H2,1-2H3,(H,12,13)/b4-3+. The lowest BCUT2D eigenvalue weighted by molar-refractivity contribution is -0.111. The topological polar surface area (TPSA) is 55.1 Å². The zero-order valence-electron chi connectivity index (χ0n) is 8.33. The number of carbonyl (C=O) groups is 1. The summed E-state index contributed by atoms with van der Waals surface area (Å²) in [6, 6.07) is 1.94. The Kier molecular flexibility index (Phi) is 3.85. The molecule has 1 aromatic rings. The van der Waals surface area contributed by atoms with Crippen LogP contribution in [-0.4, -0.2) is 5.91 Å². The van der Waals surface area contributed by atoms with Crippen molar-refractivity contribution in [2.24, 2.45) is 5.73 Å². The van der Waals surface area contributed by atoms with Gasteiger partial charge >= 0.3 is 0 Å². The molecule has 3 nitrogen and oxygen atoms in total. The summed E-state index contributed by atoms with van der Waals surface area (Å²) in [5.41, 5.74) is 6.67. The van der Waals surface area contributed by atoms with Crippen LogP contribution in [-0.2, 0) is 11.3 Å². The van der Waals surface area contributed by atoms with Crippen LogP contribution < -0.4 is 11.1 Å². The largest absolute Gasteiger partial charge is 0.326 e. The highest BCUT2D eigenvalue weighted by molar-refractivity contribution is 7.16. The molecule has 0 aliphatic rings. The first-order valence-corrected chi connectivity index (χ1v) is 5.22. The highest BCUT2D eigenvalue weighted by Crippen LogP contribution is 2.25. The number of allylic oxidation sites excluding steroid dienone is 1. The van der Waals surface area contributed by atoms with Crippen molar-refractivity contribution in [3.63, 3.8) is 0 Å². The number of thiophene rings is 1. The van der Waals surface area contributed by atoms with E-state index in [-0.39, 0.29) is 5.91 Å². The molecule has 0 bridgehead atoms. The molecule has 0 aromatic carbocycles. The molecule has 4 heteroatoms. The first-order chi connectivity index (χ1) is 6.67. The minimum atomic E-state index is -0.0997. The van der Waals surface area contributed by atoms with Crippen LogP contribution in [0.5, 0.6) is 0 Å². The molecule has 0 spiro atoms. The van der Waals surface area contributed by atoms with E-state index >= 15 is 0 Å². The number of aryl methyl sites for hydroxylation is 1. The third-order valence-electron chi connectivity index (χ3n) is 1.77. The number of hydrogen-bond acceptors (Lipinski definition) is 3. The Balaban J connectivity index is 2.72. The number of carbonyl (C=O) groups excluding carboxylic acids is 1. The van der Waals surface area contributed by atoms with Crippen LogP contribution in [0.4, 0.5) is 5.00 Å². The molecule has 1 amide bonds. The quantitative estimate of drug-likeness (QED) is 0.750. The highest BCUT2D eigenvalue weighted by Gasteiger charge is 2.05. The highest BCUT2D eigenvalue weighted by atomic mass is 32.1. The Morgan fingerprint density at radius 3 is 2.93 bits per heavy atom. The van der Waals surface area contributed by atoms with Gasteiger partial charge in [0.25, 0.3) is 0 Å². The molecule has 0 saturated carbocycles. The second kappa shape index (κ2) is 4.93. The van der Waals surface area contributed by atoms with E-state index in [2.05, 4.69) is 5.32 Å². The maximum atomic E-state index is 11.2. The van der Waals surface area contributed by atoms with Crippen LogP contribution in [0.2, 0.25) is 0 Å². The van der Waals surface area contributed by atoms with Gasteiger partial charge in [-0.1, -0.05) is 6.08 Å². The average molecular weight is 210 g/mol. The number of anilines is 1. The van der Waals surface area contributed by atoms with Gasteiger partial charge in [-0.25, -0.2) is 0 Å². The summed E-state index contributed by atoms with van der Waals surface area (Å²) in [6.07, 6.45) is 3.21. The normalized spacial score (nSPS) is 10.8. The van der Waals surface area contributed by atoms with Crippen molar-refractivity contribution in [3.8, 4) is 0 Å². The number of nitrogens with two attached hydrogens (primary N) is 1. The molecular weight excluding hydrogens is 196 g/mol. The summed E-state index contributed by atoms with van der Waals surface area (Å²) in [5.74, 6) is -0.0997. The summed E-state index contributed by atoms with van der Waals surface area (Å²) < 4.78 is 0. The van der Waals surface area contributed by atoms with Gasteiger partial charge in [-0.2, -0.15) is 0 Å². The van der Waals surface area contributed by atoms with Crippen molar-refractivity contribution >= 4 is 22.2 Å². The van der Waals surface area contributed by atoms with Gasteiger partial charge in [-0.15, -0.1) is 11.3 Å². The van der Waals surface area contributed by atoms with Crippen molar-refractivity contribution in [3.05, 3.63) is 28.7 Å². The molecule has 0 aliphatic carbocycles. The number of amides is 1. The molecular formula is C10H14N2OS. The number of rotatable bonds is 3. The Bertz CT molecular complexity index is 355. The molecule has 0 unspecified atom stereocenters. The van der Waals surface area contributed by atoms with E-state index in [9.17, 15) is 4.79 Å². The molecule has 0 fully saturated rings. The third kappa shape index (κ3) is 2.68. The molecule has 14 heavy (non-hydrogen) atoms. The van der Waals surface area contributed by atoms with Gasteiger partial charge in [-0.3, -0.25) is 4.79 Å². The molecule has 0 aliphatic heterocycles. The van der Waals surface area contributed by atoms with Crippen LogP contribution in [0.15, 0.2) is 18.2 Å². The van der Waals surface area contributed by atoms with E-state index in [1.165, 1.54) is 17.4 Å². The first kappa shape index (κ1) is 10.9. The smallest absolute Gasteiger partial charge is 0.248 e. The predicted octanol–water partition coefficient (Wildman–Crippen LogP) is 2.03. The van der Waals surface area contributed by atoms with Crippen LogP contribution in [0, 0.1) is 6.92 Å². The minimum absolute atomic E-state index is 0.0997. The Labute approximate surface area is 87.6 Å². The molecule has 3 N–H and O–H groups in total.